The topological polar surface area (TPSA) is 87.1 Å². The highest BCUT2D eigenvalue weighted by Crippen LogP contribution is 2.25. The van der Waals surface area contributed by atoms with Gasteiger partial charge in [-0.3, -0.25) is 4.79 Å². The lowest BCUT2D eigenvalue weighted by Gasteiger charge is -2.22. The van der Waals surface area contributed by atoms with Gasteiger partial charge < -0.3 is 19.8 Å². The third kappa shape index (κ3) is 3.48. The molecule has 1 amide bonds. The maximum atomic E-state index is 12.2. The van der Waals surface area contributed by atoms with E-state index in [-0.39, 0.29) is 18.5 Å². The second-order valence-electron chi connectivity index (χ2n) is 4.71. The fourth-order valence-electron chi connectivity index (χ4n) is 2.27. The van der Waals surface area contributed by atoms with Crippen LogP contribution in [0.2, 0.25) is 0 Å². The maximum absolute atomic E-state index is 12.2. The van der Waals surface area contributed by atoms with Crippen LogP contribution in [0.25, 0.3) is 0 Å². The molecule has 1 heterocycles. The van der Waals surface area contributed by atoms with E-state index in [1.165, 1.54) is 0 Å². The van der Waals surface area contributed by atoms with Gasteiger partial charge in [0.15, 0.2) is 6.04 Å². The number of carboxylic acid groups (broad SMARTS) is 1. The van der Waals surface area contributed by atoms with Gasteiger partial charge in [0.25, 0.3) is 5.91 Å². The smallest absolute Gasteiger partial charge is 0.480 e. The summed E-state index contributed by atoms with van der Waals surface area (Å²) in [4.78, 5) is 24.2. The van der Waals surface area contributed by atoms with Crippen LogP contribution >= 0.6 is 0 Å². The van der Waals surface area contributed by atoms with Gasteiger partial charge in [0.05, 0.1) is 6.10 Å². The monoisotopic (exact) mass is 319 g/mol. The first-order chi connectivity index (χ1) is 10.2. The van der Waals surface area contributed by atoms with Gasteiger partial charge >= 0.3 is 12.3 Å². The molecule has 0 bridgehead atoms. The van der Waals surface area contributed by atoms with Gasteiger partial charge in [-0.15, -0.1) is 13.2 Å². The second kappa shape index (κ2) is 5.84. The summed E-state index contributed by atoms with van der Waals surface area (Å²) < 4.78 is 39.8. The summed E-state index contributed by atoms with van der Waals surface area (Å²) in [5, 5.41) is 18.6. The highest BCUT2D eigenvalue weighted by atomic mass is 19.4. The van der Waals surface area contributed by atoms with Gasteiger partial charge in [-0.2, -0.15) is 0 Å². The number of ether oxygens (including phenoxy) is 1. The van der Waals surface area contributed by atoms with E-state index in [9.17, 15) is 27.9 Å². The van der Waals surface area contributed by atoms with Crippen LogP contribution in [0.4, 0.5) is 13.2 Å². The third-order valence-electron chi connectivity index (χ3n) is 3.21. The Kier molecular flexibility index (Phi) is 4.27. The zero-order chi connectivity index (χ0) is 16.5. The number of carboxylic acids is 1. The van der Waals surface area contributed by atoms with Crippen LogP contribution < -0.4 is 4.74 Å². The van der Waals surface area contributed by atoms with Crippen LogP contribution in [0.1, 0.15) is 16.8 Å². The minimum absolute atomic E-state index is 0.00914. The van der Waals surface area contributed by atoms with Gasteiger partial charge in [-0.1, -0.05) is 0 Å². The SMILES string of the molecule is O=C(O)[C@@H]1[C@H](O)CCN1C(=O)c1ccc(OC(F)(F)F)cc1. The molecule has 120 valence electrons. The van der Waals surface area contributed by atoms with Crippen molar-refractivity contribution in [3.63, 3.8) is 0 Å². The van der Waals surface area contributed by atoms with Crippen molar-refractivity contribution >= 4 is 11.9 Å². The number of likely N-dealkylation sites (tertiary alicyclic amines) is 1. The number of rotatable bonds is 3. The molecule has 1 aliphatic heterocycles. The Bertz CT molecular complexity index is 572. The Labute approximate surface area is 122 Å². The summed E-state index contributed by atoms with van der Waals surface area (Å²) in [5.74, 6) is -2.50. The molecule has 1 aliphatic rings. The number of aliphatic hydroxyl groups is 1. The molecule has 0 aliphatic carbocycles. The molecule has 2 rings (SSSR count). The van der Waals surface area contributed by atoms with Crippen LogP contribution in [0, 0.1) is 0 Å². The Morgan fingerprint density at radius 1 is 1.23 bits per heavy atom. The number of hydrogen-bond donors (Lipinski definition) is 2. The predicted octanol–water partition coefficient (Wildman–Crippen LogP) is 1.25. The molecular formula is C13H12F3NO5. The van der Waals surface area contributed by atoms with Gasteiger partial charge in [-0.05, 0) is 30.7 Å². The van der Waals surface area contributed by atoms with Crippen LogP contribution in [-0.2, 0) is 4.79 Å². The van der Waals surface area contributed by atoms with Gasteiger partial charge in [0.2, 0.25) is 0 Å². The Morgan fingerprint density at radius 2 is 1.82 bits per heavy atom. The molecule has 0 radical (unpaired) electrons. The lowest BCUT2D eigenvalue weighted by Crippen LogP contribution is -2.45. The zero-order valence-electron chi connectivity index (χ0n) is 11.1. The number of carbonyl (C=O) groups is 2. The molecule has 1 saturated heterocycles. The van der Waals surface area contributed by atoms with Crippen LogP contribution in [-0.4, -0.2) is 52.0 Å². The van der Waals surface area contributed by atoms with E-state index in [0.29, 0.717) is 0 Å². The number of carbonyl (C=O) groups excluding carboxylic acids is 1. The minimum atomic E-state index is -4.83. The average Bonchev–Trinajstić information content (AvgIpc) is 2.79. The van der Waals surface area contributed by atoms with Crippen LogP contribution in [0.3, 0.4) is 0 Å². The lowest BCUT2D eigenvalue weighted by atomic mass is 10.1. The van der Waals surface area contributed by atoms with Crippen molar-refractivity contribution in [3.05, 3.63) is 29.8 Å². The van der Waals surface area contributed by atoms with E-state index in [1.54, 1.807) is 0 Å². The Morgan fingerprint density at radius 3 is 2.32 bits per heavy atom. The van der Waals surface area contributed by atoms with E-state index in [2.05, 4.69) is 4.74 Å². The third-order valence-corrected chi connectivity index (χ3v) is 3.21. The zero-order valence-corrected chi connectivity index (χ0v) is 11.1. The lowest BCUT2D eigenvalue weighted by molar-refractivity contribution is -0.274. The number of benzene rings is 1. The molecule has 22 heavy (non-hydrogen) atoms. The molecule has 6 nitrogen and oxygen atoms in total. The molecule has 2 atom stereocenters. The van der Waals surface area contributed by atoms with Crippen LogP contribution in [0.15, 0.2) is 24.3 Å². The number of nitrogens with zero attached hydrogens (tertiary/aromatic N) is 1. The molecule has 0 aromatic heterocycles. The fourth-order valence-corrected chi connectivity index (χ4v) is 2.27. The highest BCUT2D eigenvalue weighted by molar-refractivity contribution is 5.97. The number of halogens is 3. The normalized spacial score (nSPS) is 21.7. The van der Waals surface area contributed by atoms with Crippen molar-refractivity contribution < 1.29 is 37.7 Å². The molecule has 0 saturated carbocycles. The molecule has 1 aromatic rings. The van der Waals surface area contributed by atoms with Crippen LogP contribution in [0.5, 0.6) is 5.75 Å². The van der Waals surface area contributed by atoms with E-state index < -0.39 is 36.1 Å². The Hall–Kier alpha value is -2.29. The minimum Gasteiger partial charge on any atom is -0.480 e. The summed E-state index contributed by atoms with van der Waals surface area (Å²) in [6.45, 7) is 0.0533. The molecule has 9 heteroatoms. The molecule has 0 spiro atoms. The molecule has 1 aromatic carbocycles. The summed E-state index contributed by atoms with van der Waals surface area (Å²) in [6, 6.07) is 2.77. The van der Waals surface area contributed by atoms with Crippen molar-refractivity contribution in [1.82, 2.24) is 4.90 Å². The summed E-state index contributed by atoms with van der Waals surface area (Å²) in [6.07, 6.45) is -5.88. The van der Waals surface area contributed by atoms with Crippen molar-refractivity contribution in [1.29, 1.82) is 0 Å². The number of hydrogen-bond acceptors (Lipinski definition) is 4. The summed E-state index contributed by atoms with van der Waals surface area (Å²) in [5.41, 5.74) is 0.00914. The van der Waals surface area contributed by atoms with E-state index in [1.807, 2.05) is 0 Å². The van der Waals surface area contributed by atoms with E-state index >= 15 is 0 Å². The average molecular weight is 319 g/mol. The first kappa shape index (κ1) is 16.1. The van der Waals surface area contributed by atoms with Crippen molar-refractivity contribution in [3.8, 4) is 5.75 Å². The van der Waals surface area contributed by atoms with Crippen molar-refractivity contribution in [2.75, 3.05) is 6.54 Å². The van der Waals surface area contributed by atoms with Gasteiger partial charge in [0.1, 0.15) is 5.75 Å². The molecule has 0 unspecified atom stereocenters. The first-order valence-corrected chi connectivity index (χ1v) is 6.26. The van der Waals surface area contributed by atoms with Gasteiger partial charge in [0, 0.05) is 12.1 Å². The van der Waals surface area contributed by atoms with E-state index in [4.69, 9.17) is 5.11 Å². The largest absolute Gasteiger partial charge is 0.573 e. The maximum Gasteiger partial charge on any atom is 0.573 e. The quantitative estimate of drug-likeness (QED) is 0.875. The standard InChI is InChI=1S/C13H12F3NO5/c14-13(15,16)22-8-3-1-7(2-4-8)11(19)17-6-5-9(18)10(17)12(20)21/h1-4,9-10,18H,5-6H2,(H,20,21)/t9-,10+/m1/s1. The molecular weight excluding hydrogens is 307 g/mol. The highest BCUT2D eigenvalue weighted by Gasteiger charge is 2.41. The molecule has 2 N–H and O–H groups in total. The number of aliphatic hydroxyl groups excluding tert-OH is 1. The van der Waals surface area contributed by atoms with E-state index in [0.717, 1.165) is 29.2 Å². The number of aliphatic carboxylic acids is 1. The van der Waals surface area contributed by atoms with Crippen molar-refractivity contribution in [2.45, 2.75) is 24.9 Å². The fraction of sp³-hybridized carbons (Fsp3) is 0.385. The predicted molar refractivity (Wildman–Crippen MR) is 66.2 cm³/mol. The first-order valence-electron chi connectivity index (χ1n) is 6.26. The number of amides is 1. The Balaban J connectivity index is 2.14. The van der Waals surface area contributed by atoms with Gasteiger partial charge in [-0.25, -0.2) is 4.79 Å². The number of alkyl halides is 3. The summed E-state index contributed by atoms with van der Waals surface area (Å²) >= 11 is 0. The van der Waals surface area contributed by atoms with Crippen molar-refractivity contribution in [2.24, 2.45) is 0 Å². The summed E-state index contributed by atoms with van der Waals surface area (Å²) in [7, 11) is 0. The second-order valence-corrected chi connectivity index (χ2v) is 4.71. The molecule has 1 fully saturated rings.